The molecule has 3 unspecified atom stereocenters. The van der Waals surface area contributed by atoms with Gasteiger partial charge < -0.3 is 20.8 Å². The van der Waals surface area contributed by atoms with E-state index in [1.165, 1.54) is 31.3 Å². The smallest absolute Gasteiger partial charge is 0.0925 e. The van der Waals surface area contributed by atoms with E-state index in [-0.39, 0.29) is 12.6 Å². The van der Waals surface area contributed by atoms with Gasteiger partial charge in [0.2, 0.25) is 0 Å². The summed E-state index contributed by atoms with van der Waals surface area (Å²) < 4.78 is 0. The number of aliphatic hydroxyl groups excluding tert-OH is 2. The molecule has 24 heavy (non-hydrogen) atoms. The van der Waals surface area contributed by atoms with Crippen molar-refractivity contribution in [3.8, 4) is 0 Å². The second-order valence-electron chi connectivity index (χ2n) is 6.72. The summed E-state index contributed by atoms with van der Waals surface area (Å²) in [7, 11) is 1.75. The predicted molar refractivity (Wildman–Crippen MR) is 104 cm³/mol. The third-order valence-corrected chi connectivity index (χ3v) is 4.76. The van der Waals surface area contributed by atoms with Crippen molar-refractivity contribution >= 4 is 0 Å². The average Bonchev–Trinajstić information content (AvgIpc) is 2.60. The molecule has 0 aliphatic heterocycles. The maximum Gasteiger partial charge on any atom is 0.0925 e. The largest absolute Gasteiger partial charge is 0.395 e. The highest BCUT2D eigenvalue weighted by Crippen LogP contribution is 2.15. The van der Waals surface area contributed by atoms with Crippen LogP contribution in [0, 0.1) is 5.92 Å². The van der Waals surface area contributed by atoms with E-state index in [2.05, 4.69) is 37.5 Å². The molecule has 4 heteroatoms. The summed E-state index contributed by atoms with van der Waals surface area (Å²) in [4.78, 5) is 0. The number of aliphatic hydroxyl groups is 2. The van der Waals surface area contributed by atoms with E-state index in [1.807, 2.05) is 13.0 Å². The van der Waals surface area contributed by atoms with Crippen LogP contribution in [0.1, 0.15) is 59.8 Å². The Hall–Kier alpha value is -0.680. The molecule has 0 spiro atoms. The first-order valence-electron chi connectivity index (χ1n) is 9.55. The highest BCUT2D eigenvalue weighted by molar-refractivity contribution is 5.22. The molecule has 4 N–H and O–H groups in total. The lowest BCUT2D eigenvalue weighted by atomic mass is 9.96. The number of hydrogen-bond donors (Lipinski definition) is 4. The van der Waals surface area contributed by atoms with Gasteiger partial charge in [-0.3, -0.25) is 0 Å². The van der Waals surface area contributed by atoms with Crippen molar-refractivity contribution < 1.29 is 10.2 Å². The fourth-order valence-electron chi connectivity index (χ4n) is 2.57. The number of likely N-dealkylation sites (N-methyl/N-ethyl adjacent to an activating group) is 1. The standard InChI is InChI=1S/C20H40N2O2/c1-6-8-9-10-13-22-14-18(16(3)7-2)12-11-17(4)20(24)19(15-23)21-5/h11-12,16,19-24H,6-10,13-15H2,1-5H3/b17-11+,18-12-. The third-order valence-electron chi connectivity index (χ3n) is 4.76. The first-order valence-corrected chi connectivity index (χ1v) is 9.55. The Balaban J connectivity index is 4.67. The molecule has 0 rings (SSSR count). The van der Waals surface area contributed by atoms with Crippen LogP contribution >= 0.6 is 0 Å². The minimum atomic E-state index is -0.670. The quantitative estimate of drug-likeness (QED) is 0.290. The van der Waals surface area contributed by atoms with Crippen LogP contribution in [0.2, 0.25) is 0 Å². The van der Waals surface area contributed by atoms with Gasteiger partial charge in [0, 0.05) is 6.54 Å². The van der Waals surface area contributed by atoms with Crippen LogP contribution in [-0.2, 0) is 0 Å². The Morgan fingerprint density at radius 2 is 1.83 bits per heavy atom. The lowest BCUT2D eigenvalue weighted by Gasteiger charge is -2.21. The Morgan fingerprint density at radius 3 is 2.38 bits per heavy atom. The zero-order chi connectivity index (χ0) is 18.4. The first-order chi connectivity index (χ1) is 11.5. The van der Waals surface area contributed by atoms with Gasteiger partial charge in [0.05, 0.1) is 18.8 Å². The summed E-state index contributed by atoms with van der Waals surface area (Å²) in [6.45, 7) is 10.5. The van der Waals surface area contributed by atoms with Crippen LogP contribution in [0.5, 0.6) is 0 Å². The highest BCUT2D eigenvalue weighted by Gasteiger charge is 2.17. The Morgan fingerprint density at radius 1 is 1.12 bits per heavy atom. The van der Waals surface area contributed by atoms with E-state index in [9.17, 15) is 10.2 Å². The molecule has 0 heterocycles. The maximum absolute atomic E-state index is 10.2. The number of nitrogens with one attached hydrogen (secondary N) is 2. The summed E-state index contributed by atoms with van der Waals surface area (Å²) in [5, 5.41) is 26.0. The molecule has 0 aromatic rings. The van der Waals surface area contributed by atoms with E-state index in [4.69, 9.17) is 0 Å². The van der Waals surface area contributed by atoms with Crippen molar-refractivity contribution in [1.29, 1.82) is 0 Å². The lowest BCUT2D eigenvalue weighted by Crippen LogP contribution is -2.41. The Bertz CT molecular complexity index is 363. The van der Waals surface area contributed by atoms with Crippen molar-refractivity contribution in [3.05, 3.63) is 23.3 Å². The Labute approximate surface area is 149 Å². The van der Waals surface area contributed by atoms with Crippen LogP contribution < -0.4 is 10.6 Å². The van der Waals surface area contributed by atoms with Gasteiger partial charge in [-0.15, -0.1) is 0 Å². The third kappa shape index (κ3) is 9.58. The van der Waals surface area contributed by atoms with Gasteiger partial charge in [-0.25, -0.2) is 0 Å². The molecule has 142 valence electrons. The van der Waals surface area contributed by atoms with Gasteiger partial charge in [0.1, 0.15) is 0 Å². The summed E-state index contributed by atoms with van der Waals surface area (Å²) in [5.74, 6) is 0.521. The van der Waals surface area contributed by atoms with E-state index in [1.54, 1.807) is 7.05 Å². The van der Waals surface area contributed by atoms with E-state index in [0.29, 0.717) is 5.92 Å². The molecule has 0 bridgehead atoms. The molecule has 0 aliphatic carbocycles. The number of unbranched alkanes of at least 4 members (excludes halogenated alkanes) is 3. The summed E-state index contributed by atoms with van der Waals surface area (Å²) in [6, 6.07) is -0.321. The zero-order valence-corrected chi connectivity index (χ0v) is 16.4. The predicted octanol–water partition coefficient (Wildman–Crippen LogP) is 3.02. The van der Waals surface area contributed by atoms with Crippen molar-refractivity contribution in [2.45, 2.75) is 71.9 Å². The number of hydrogen-bond acceptors (Lipinski definition) is 4. The molecule has 4 nitrogen and oxygen atoms in total. The van der Waals surface area contributed by atoms with Crippen LogP contribution in [-0.4, -0.2) is 49.1 Å². The second kappa shape index (κ2) is 14.6. The Kier molecular flexibility index (Phi) is 14.2. The van der Waals surface area contributed by atoms with Gasteiger partial charge in [0.25, 0.3) is 0 Å². The van der Waals surface area contributed by atoms with Crippen LogP contribution in [0.3, 0.4) is 0 Å². The molecule has 0 aliphatic rings. The van der Waals surface area contributed by atoms with Gasteiger partial charge in [-0.05, 0) is 44.8 Å². The summed E-state index contributed by atoms with van der Waals surface area (Å²) in [5.41, 5.74) is 2.23. The van der Waals surface area contributed by atoms with Crippen LogP contribution in [0.15, 0.2) is 23.3 Å². The molecule has 0 saturated carbocycles. The summed E-state index contributed by atoms with van der Waals surface area (Å²) >= 11 is 0. The topological polar surface area (TPSA) is 64.5 Å². The normalized spacial score (nSPS) is 17.0. The molecular formula is C20H40N2O2. The highest BCUT2D eigenvalue weighted by atomic mass is 16.3. The molecular weight excluding hydrogens is 300 g/mol. The van der Waals surface area contributed by atoms with Crippen molar-refractivity contribution in [3.63, 3.8) is 0 Å². The van der Waals surface area contributed by atoms with Crippen molar-refractivity contribution in [2.24, 2.45) is 5.92 Å². The fourth-order valence-corrected chi connectivity index (χ4v) is 2.57. The molecule has 0 amide bonds. The van der Waals surface area contributed by atoms with Gasteiger partial charge in [-0.1, -0.05) is 57.8 Å². The van der Waals surface area contributed by atoms with Crippen LogP contribution in [0.25, 0.3) is 0 Å². The van der Waals surface area contributed by atoms with E-state index in [0.717, 1.165) is 25.1 Å². The monoisotopic (exact) mass is 340 g/mol. The van der Waals surface area contributed by atoms with Gasteiger partial charge in [0.15, 0.2) is 0 Å². The molecule has 0 aromatic carbocycles. The SMILES string of the molecule is CCCCCCNC/C(=C/C=C(\C)C(O)C(CO)NC)C(C)CC. The number of rotatable bonds is 14. The van der Waals surface area contributed by atoms with E-state index < -0.39 is 6.10 Å². The second-order valence-corrected chi connectivity index (χ2v) is 6.72. The molecule has 3 atom stereocenters. The molecule has 0 aromatic heterocycles. The van der Waals surface area contributed by atoms with E-state index >= 15 is 0 Å². The van der Waals surface area contributed by atoms with Crippen molar-refractivity contribution in [1.82, 2.24) is 10.6 Å². The number of allylic oxidation sites excluding steroid dienone is 2. The zero-order valence-electron chi connectivity index (χ0n) is 16.4. The lowest BCUT2D eigenvalue weighted by molar-refractivity contribution is 0.120. The van der Waals surface area contributed by atoms with Crippen LogP contribution in [0.4, 0.5) is 0 Å². The van der Waals surface area contributed by atoms with Gasteiger partial charge in [-0.2, -0.15) is 0 Å². The molecule has 0 fully saturated rings. The minimum Gasteiger partial charge on any atom is -0.395 e. The maximum atomic E-state index is 10.2. The summed E-state index contributed by atoms with van der Waals surface area (Å²) in [6.07, 6.45) is 9.67. The first kappa shape index (κ1) is 23.3. The molecule has 0 saturated heterocycles. The average molecular weight is 341 g/mol. The minimum absolute atomic E-state index is 0.0793. The fraction of sp³-hybridized carbons (Fsp3) is 0.800. The van der Waals surface area contributed by atoms with Gasteiger partial charge >= 0.3 is 0 Å². The molecule has 0 radical (unpaired) electrons. The van der Waals surface area contributed by atoms with Crippen molar-refractivity contribution in [2.75, 3.05) is 26.7 Å².